The number of alkyl halides is 1. The molecule has 0 spiro atoms. The van der Waals surface area contributed by atoms with Gasteiger partial charge in [-0.15, -0.1) is 0 Å². The van der Waals surface area contributed by atoms with Crippen LogP contribution in [0.4, 0.5) is 8.78 Å². The highest BCUT2D eigenvalue weighted by molar-refractivity contribution is 5.64. The summed E-state index contributed by atoms with van der Waals surface area (Å²) >= 11 is 0. The van der Waals surface area contributed by atoms with Crippen LogP contribution in [0.3, 0.4) is 0 Å². The van der Waals surface area contributed by atoms with Crippen LogP contribution in [0.25, 0.3) is 11.1 Å². The normalized spacial score (nSPS) is 25.8. The quantitative estimate of drug-likeness (QED) is 0.355. The molecule has 2 saturated carbocycles. The van der Waals surface area contributed by atoms with Gasteiger partial charge in [0, 0.05) is 6.42 Å². The zero-order chi connectivity index (χ0) is 23.0. The molecule has 2 heteroatoms. The largest absolute Gasteiger partial charge is 0.251 e. The highest BCUT2D eigenvalue weighted by atomic mass is 19.1. The molecule has 2 aliphatic carbocycles. The van der Waals surface area contributed by atoms with Gasteiger partial charge in [-0.2, -0.15) is 0 Å². The first-order valence-corrected chi connectivity index (χ1v) is 13.6. The molecular weight excluding hydrogens is 410 g/mol. The van der Waals surface area contributed by atoms with E-state index in [1.54, 1.807) is 6.07 Å². The number of benzene rings is 2. The van der Waals surface area contributed by atoms with Gasteiger partial charge in [-0.1, -0.05) is 81.8 Å². The number of rotatable bonds is 9. The van der Waals surface area contributed by atoms with Crippen LogP contribution in [0, 0.1) is 29.5 Å². The fraction of sp³-hybridized carbons (Fsp3) is 0.613. The van der Waals surface area contributed by atoms with Crippen molar-refractivity contribution in [3.8, 4) is 11.1 Å². The Hall–Kier alpha value is -1.70. The Labute approximate surface area is 200 Å². The van der Waals surface area contributed by atoms with E-state index in [0.29, 0.717) is 6.42 Å². The van der Waals surface area contributed by atoms with E-state index in [2.05, 4.69) is 6.92 Å². The van der Waals surface area contributed by atoms with Gasteiger partial charge in [0.15, 0.2) is 0 Å². The van der Waals surface area contributed by atoms with Gasteiger partial charge < -0.3 is 0 Å². The average molecular weight is 453 g/mol. The first-order chi connectivity index (χ1) is 16.2. The molecule has 2 aromatic rings. The Morgan fingerprint density at radius 3 is 1.82 bits per heavy atom. The fourth-order valence-corrected chi connectivity index (χ4v) is 6.57. The van der Waals surface area contributed by atoms with Gasteiger partial charge in [-0.05, 0) is 90.5 Å². The summed E-state index contributed by atoms with van der Waals surface area (Å²) in [6.45, 7) is 1.98. The number of hydrogen-bond acceptors (Lipinski definition) is 0. The summed E-state index contributed by atoms with van der Waals surface area (Å²) in [5.41, 5.74) is 3.73. The van der Waals surface area contributed by atoms with Crippen molar-refractivity contribution in [3.63, 3.8) is 0 Å². The minimum atomic E-state index is -0.343. The van der Waals surface area contributed by atoms with Gasteiger partial charge in [0.05, 0.1) is 6.67 Å². The van der Waals surface area contributed by atoms with Crippen LogP contribution in [0.2, 0.25) is 0 Å². The molecule has 0 saturated heterocycles. The molecule has 2 fully saturated rings. The van der Waals surface area contributed by atoms with Crippen LogP contribution in [0.5, 0.6) is 0 Å². The SMILES string of the molecule is CCCC1CCC(C2CCC(CCc3ccc(-c4ccc(CCF)cc4)cc3F)CC2)CC1. The summed E-state index contributed by atoms with van der Waals surface area (Å²) < 4.78 is 27.3. The monoisotopic (exact) mass is 452 g/mol. The Morgan fingerprint density at radius 2 is 1.27 bits per heavy atom. The summed E-state index contributed by atoms with van der Waals surface area (Å²) in [5, 5.41) is 0. The van der Waals surface area contributed by atoms with Crippen molar-refractivity contribution in [2.75, 3.05) is 6.67 Å². The van der Waals surface area contributed by atoms with E-state index in [1.807, 2.05) is 36.4 Å². The third kappa shape index (κ3) is 6.67. The molecule has 0 aromatic heterocycles. The van der Waals surface area contributed by atoms with E-state index in [0.717, 1.165) is 58.8 Å². The summed E-state index contributed by atoms with van der Waals surface area (Å²) in [7, 11) is 0. The second kappa shape index (κ2) is 12.1. The van der Waals surface area contributed by atoms with Crippen molar-refractivity contribution in [2.24, 2.45) is 23.7 Å². The Kier molecular flexibility index (Phi) is 8.98. The maximum Gasteiger partial charge on any atom is 0.127 e. The molecule has 180 valence electrons. The highest BCUT2D eigenvalue weighted by Crippen LogP contribution is 2.43. The van der Waals surface area contributed by atoms with E-state index < -0.39 is 0 Å². The molecule has 0 N–H and O–H groups in total. The van der Waals surface area contributed by atoms with E-state index in [-0.39, 0.29) is 12.5 Å². The highest BCUT2D eigenvalue weighted by Gasteiger charge is 2.30. The Balaban J connectivity index is 1.23. The standard InChI is InChI=1S/C31H42F2/c1-2-3-23-4-11-26(12-5-23)27-13-6-24(7-14-27)10-17-29-18-19-30(22-31(29)33)28-15-8-25(9-16-28)20-21-32/h8-9,15-16,18-19,22-24,26-27H,2-7,10-14,17,20-21H2,1H3. The van der Waals surface area contributed by atoms with Crippen LogP contribution in [-0.2, 0) is 12.8 Å². The lowest BCUT2D eigenvalue weighted by atomic mass is 9.68. The van der Waals surface area contributed by atoms with Crippen molar-refractivity contribution >= 4 is 0 Å². The van der Waals surface area contributed by atoms with E-state index in [9.17, 15) is 8.78 Å². The van der Waals surface area contributed by atoms with Gasteiger partial charge in [0.1, 0.15) is 5.82 Å². The maximum atomic E-state index is 14.8. The van der Waals surface area contributed by atoms with Crippen molar-refractivity contribution in [2.45, 2.75) is 90.4 Å². The summed E-state index contributed by atoms with van der Waals surface area (Å²) in [5.74, 6) is 3.62. The minimum absolute atomic E-state index is 0.0853. The lowest BCUT2D eigenvalue weighted by molar-refractivity contribution is 0.141. The molecule has 4 rings (SSSR count). The van der Waals surface area contributed by atoms with E-state index >= 15 is 0 Å². The third-order valence-corrected chi connectivity index (χ3v) is 8.69. The summed E-state index contributed by atoms with van der Waals surface area (Å²) in [6, 6.07) is 13.5. The molecule has 0 unspecified atom stereocenters. The lowest BCUT2D eigenvalue weighted by Crippen LogP contribution is -2.26. The van der Waals surface area contributed by atoms with Crippen LogP contribution in [-0.4, -0.2) is 6.67 Å². The molecule has 0 atom stereocenters. The van der Waals surface area contributed by atoms with Crippen LogP contribution in [0.1, 0.15) is 88.7 Å². The predicted molar refractivity (Wildman–Crippen MR) is 136 cm³/mol. The molecule has 0 aliphatic heterocycles. The minimum Gasteiger partial charge on any atom is -0.251 e. The van der Waals surface area contributed by atoms with Crippen molar-refractivity contribution in [3.05, 3.63) is 59.4 Å². The van der Waals surface area contributed by atoms with Crippen molar-refractivity contribution in [1.29, 1.82) is 0 Å². The molecule has 0 amide bonds. The van der Waals surface area contributed by atoms with Gasteiger partial charge in [-0.3, -0.25) is 4.39 Å². The number of halogens is 2. The molecule has 0 bridgehead atoms. The third-order valence-electron chi connectivity index (χ3n) is 8.69. The summed E-state index contributed by atoms with van der Waals surface area (Å²) in [6.07, 6.45) is 16.5. The first-order valence-electron chi connectivity index (χ1n) is 13.6. The van der Waals surface area contributed by atoms with Crippen molar-refractivity contribution < 1.29 is 8.78 Å². The molecule has 2 aliphatic rings. The van der Waals surface area contributed by atoms with E-state index in [4.69, 9.17) is 0 Å². The predicted octanol–water partition coefficient (Wildman–Crippen LogP) is 9.35. The van der Waals surface area contributed by atoms with Gasteiger partial charge >= 0.3 is 0 Å². The zero-order valence-electron chi connectivity index (χ0n) is 20.5. The second-order valence-corrected chi connectivity index (χ2v) is 10.8. The Morgan fingerprint density at radius 1 is 0.697 bits per heavy atom. The average Bonchev–Trinajstić information content (AvgIpc) is 2.85. The molecule has 2 aromatic carbocycles. The topological polar surface area (TPSA) is 0 Å². The second-order valence-electron chi connectivity index (χ2n) is 10.8. The van der Waals surface area contributed by atoms with Gasteiger partial charge in [0.25, 0.3) is 0 Å². The molecular formula is C31H42F2. The Bertz CT molecular complexity index is 840. The summed E-state index contributed by atoms with van der Waals surface area (Å²) in [4.78, 5) is 0. The maximum absolute atomic E-state index is 14.8. The van der Waals surface area contributed by atoms with Gasteiger partial charge in [-0.25, -0.2) is 4.39 Å². The van der Waals surface area contributed by atoms with Gasteiger partial charge in [0.2, 0.25) is 0 Å². The molecule has 0 heterocycles. The zero-order valence-corrected chi connectivity index (χ0v) is 20.5. The smallest absolute Gasteiger partial charge is 0.127 e. The number of aryl methyl sites for hydroxylation is 2. The molecule has 33 heavy (non-hydrogen) atoms. The molecule has 0 radical (unpaired) electrons. The van der Waals surface area contributed by atoms with Crippen molar-refractivity contribution in [1.82, 2.24) is 0 Å². The van der Waals surface area contributed by atoms with Crippen LogP contribution >= 0.6 is 0 Å². The number of hydrogen-bond donors (Lipinski definition) is 0. The molecule has 0 nitrogen and oxygen atoms in total. The first kappa shape index (κ1) is 24.4. The van der Waals surface area contributed by atoms with Crippen LogP contribution < -0.4 is 0 Å². The van der Waals surface area contributed by atoms with Crippen LogP contribution in [0.15, 0.2) is 42.5 Å². The fourth-order valence-electron chi connectivity index (χ4n) is 6.57. The lowest BCUT2D eigenvalue weighted by Gasteiger charge is -2.38. The van der Waals surface area contributed by atoms with E-state index in [1.165, 1.54) is 64.2 Å².